The molecule has 1 heterocycles. The summed E-state index contributed by atoms with van der Waals surface area (Å²) in [7, 11) is 2.54. The third kappa shape index (κ3) is 2.76. The lowest BCUT2D eigenvalue weighted by molar-refractivity contribution is -0.136. The van der Waals surface area contributed by atoms with E-state index in [2.05, 4.69) is 21.9 Å². The van der Waals surface area contributed by atoms with E-state index in [9.17, 15) is 9.59 Å². The topological polar surface area (TPSA) is 68.4 Å². The summed E-state index contributed by atoms with van der Waals surface area (Å²) in [6.07, 6.45) is 6.88. The van der Waals surface area contributed by atoms with Crippen molar-refractivity contribution in [2.24, 2.45) is 0 Å². The third-order valence-corrected chi connectivity index (χ3v) is 2.98. The van der Waals surface area contributed by atoms with Gasteiger partial charge in [0.05, 0.1) is 25.5 Å². The minimum atomic E-state index is -0.592. The smallest absolute Gasteiger partial charge is 0.340 e. The Morgan fingerprint density at radius 3 is 2.58 bits per heavy atom. The van der Waals surface area contributed by atoms with Gasteiger partial charge in [-0.15, -0.1) is 0 Å². The highest BCUT2D eigenvalue weighted by molar-refractivity contribution is 6.20. The van der Waals surface area contributed by atoms with Gasteiger partial charge in [0.15, 0.2) is 0 Å². The van der Waals surface area contributed by atoms with Crippen LogP contribution in [0.1, 0.15) is 17.0 Å². The number of ether oxygens (including phenoxy) is 2. The van der Waals surface area contributed by atoms with Gasteiger partial charge in [-0.2, -0.15) is 0 Å². The van der Waals surface area contributed by atoms with Crippen molar-refractivity contribution in [1.82, 2.24) is 4.98 Å². The molecular weight excluding hydrogens is 246 g/mol. The molecular formula is C14H15NO4. The van der Waals surface area contributed by atoms with Gasteiger partial charge in [-0.25, -0.2) is 9.59 Å². The summed E-state index contributed by atoms with van der Waals surface area (Å²) >= 11 is 0. The molecule has 0 unspecified atom stereocenters. The average molecular weight is 261 g/mol. The number of aromatic nitrogens is 1. The zero-order valence-corrected chi connectivity index (χ0v) is 10.9. The third-order valence-electron chi connectivity index (χ3n) is 2.98. The van der Waals surface area contributed by atoms with E-state index in [0.717, 1.165) is 30.2 Å². The zero-order chi connectivity index (χ0) is 13.8. The van der Waals surface area contributed by atoms with Crippen molar-refractivity contribution in [3.63, 3.8) is 0 Å². The van der Waals surface area contributed by atoms with Crippen LogP contribution in [0.15, 0.2) is 24.3 Å². The standard InChI is InChI=1S/C14H15NO4/c1-18-13(16)8-10(14(17)19-2)12-7-9-5-3-4-6-11(9)15-12/h3-4,7-8,15H,5-6H2,1-2H3/b10-8+. The highest BCUT2D eigenvalue weighted by Gasteiger charge is 2.19. The largest absolute Gasteiger partial charge is 0.466 e. The predicted octanol–water partition coefficient (Wildman–Crippen LogP) is 1.40. The molecule has 1 aromatic rings. The number of carbonyl (C=O) groups excluding carboxylic acids is 2. The molecule has 0 amide bonds. The Labute approximate surface area is 110 Å². The zero-order valence-electron chi connectivity index (χ0n) is 10.9. The van der Waals surface area contributed by atoms with Crippen LogP contribution in [0.25, 0.3) is 5.57 Å². The van der Waals surface area contributed by atoms with Crippen LogP contribution in [0, 0.1) is 0 Å². The summed E-state index contributed by atoms with van der Waals surface area (Å²) in [5, 5.41) is 0. The normalized spacial score (nSPS) is 13.9. The number of methoxy groups -OCH3 is 2. The van der Waals surface area contributed by atoms with Crippen LogP contribution in [-0.2, 0) is 31.9 Å². The van der Waals surface area contributed by atoms with Gasteiger partial charge in [0.1, 0.15) is 0 Å². The van der Waals surface area contributed by atoms with E-state index in [4.69, 9.17) is 4.74 Å². The van der Waals surface area contributed by atoms with Crippen LogP contribution in [0.2, 0.25) is 0 Å². The molecule has 100 valence electrons. The van der Waals surface area contributed by atoms with Crippen LogP contribution >= 0.6 is 0 Å². The van der Waals surface area contributed by atoms with Crippen molar-refractivity contribution in [3.05, 3.63) is 41.2 Å². The van der Waals surface area contributed by atoms with E-state index in [-0.39, 0.29) is 5.57 Å². The maximum Gasteiger partial charge on any atom is 0.340 e. The average Bonchev–Trinajstić information content (AvgIpc) is 2.87. The molecule has 0 aliphatic heterocycles. The molecule has 0 atom stereocenters. The van der Waals surface area contributed by atoms with Gasteiger partial charge in [0.2, 0.25) is 0 Å². The second-order valence-electron chi connectivity index (χ2n) is 4.14. The minimum absolute atomic E-state index is 0.170. The fraction of sp³-hybridized carbons (Fsp3) is 0.286. The van der Waals surface area contributed by atoms with Gasteiger partial charge >= 0.3 is 11.9 Å². The first kappa shape index (κ1) is 13.1. The summed E-state index contributed by atoms with van der Waals surface area (Å²) in [5.41, 5.74) is 2.92. The molecule has 0 aromatic carbocycles. The van der Waals surface area contributed by atoms with Crippen LogP contribution < -0.4 is 0 Å². The van der Waals surface area contributed by atoms with E-state index < -0.39 is 11.9 Å². The molecule has 0 radical (unpaired) electrons. The number of rotatable bonds is 3. The molecule has 1 aromatic heterocycles. The molecule has 1 aliphatic carbocycles. The Hall–Kier alpha value is -2.30. The molecule has 1 aliphatic rings. The fourth-order valence-corrected chi connectivity index (χ4v) is 1.99. The van der Waals surface area contributed by atoms with Crippen molar-refractivity contribution in [2.45, 2.75) is 12.8 Å². The Kier molecular flexibility index (Phi) is 3.85. The lowest BCUT2D eigenvalue weighted by Crippen LogP contribution is -2.08. The first-order valence-electron chi connectivity index (χ1n) is 5.89. The van der Waals surface area contributed by atoms with Gasteiger partial charge in [-0.3, -0.25) is 0 Å². The molecule has 0 spiro atoms. The quantitative estimate of drug-likeness (QED) is 0.507. The van der Waals surface area contributed by atoms with Gasteiger partial charge in [-0.05, 0) is 18.1 Å². The minimum Gasteiger partial charge on any atom is -0.466 e. The summed E-state index contributed by atoms with van der Waals surface area (Å²) in [4.78, 5) is 26.2. The second kappa shape index (κ2) is 5.56. The van der Waals surface area contributed by atoms with E-state index in [1.54, 1.807) is 0 Å². The summed E-state index contributed by atoms with van der Waals surface area (Å²) in [6.45, 7) is 0. The Morgan fingerprint density at radius 1 is 1.21 bits per heavy atom. The van der Waals surface area contributed by atoms with E-state index >= 15 is 0 Å². The maximum atomic E-state index is 11.7. The number of esters is 2. The van der Waals surface area contributed by atoms with Crippen LogP contribution in [-0.4, -0.2) is 31.1 Å². The number of hydrogen-bond acceptors (Lipinski definition) is 4. The molecule has 5 heteroatoms. The van der Waals surface area contributed by atoms with Crippen molar-refractivity contribution in [1.29, 1.82) is 0 Å². The van der Waals surface area contributed by atoms with E-state index in [0.29, 0.717) is 5.69 Å². The number of hydrogen-bond donors (Lipinski definition) is 1. The lowest BCUT2D eigenvalue weighted by Gasteiger charge is -2.03. The van der Waals surface area contributed by atoms with Gasteiger partial charge in [-0.1, -0.05) is 12.2 Å². The molecule has 0 fully saturated rings. The number of H-pyrrole nitrogens is 1. The number of aromatic amines is 1. The van der Waals surface area contributed by atoms with Gasteiger partial charge < -0.3 is 14.5 Å². The Bertz CT molecular complexity index is 541. The first-order chi connectivity index (χ1) is 9.15. The van der Waals surface area contributed by atoms with Crippen molar-refractivity contribution >= 4 is 17.5 Å². The monoisotopic (exact) mass is 261 g/mol. The highest BCUT2D eigenvalue weighted by atomic mass is 16.5. The molecule has 0 bridgehead atoms. The fourth-order valence-electron chi connectivity index (χ4n) is 1.99. The molecule has 0 saturated heterocycles. The molecule has 5 nitrogen and oxygen atoms in total. The second-order valence-corrected chi connectivity index (χ2v) is 4.14. The maximum absolute atomic E-state index is 11.7. The Morgan fingerprint density at radius 2 is 1.95 bits per heavy atom. The van der Waals surface area contributed by atoms with E-state index in [1.807, 2.05) is 6.07 Å². The molecule has 0 saturated carbocycles. The summed E-state index contributed by atoms with van der Waals surface area (Å²) < 4.78 is 9.24. The van der Waals surface area contributed by atoms with Crippen LogP contribution in [0.4, 0.5) is 0 Å². The van der Waals surface area contributed by atoms with Crippen molar-refractivity contribution in [2.75, 3.05) is 14.2 Å². The number of nitrogens with one attached hydrogen (secondary N) is 1. The van der Waals surface area contributed by atoms with Gasteiger partial charge in [0, 0.05) is 18.2 Å². The number of allylic oxidation sites excluding steroid dienone is 2. The SMILES string of the molecule is COC(=O)/C=C(/C(=O)OC)c1cc2c([nH]1)CC=CC2. The highest BCUT2D eigenvalue weighted by Crippen LogP contribution is 2.23. The molecule has 1 N–H and O–H groups in total. The predicted molar refractivity (Wildman–Crippen MR) is 69.3 cm³/mol. The van der Waals surface area contributed by atoms with Crippen molar-refractivity contribution < 1.29 is 19.1 Å². The Balaban J connectivity index is 2.38. The first-order valence-corrected chi connectivity index (χ1v) is 5.89. The summed E-state index contributed by atoms with van der Waals surface area (Å²) in [5.74, 6) is -1.16. The lowest BCUT2D eigenvalue weighted by atomic mass is 10.0. The molecule has 2 rings (SSSR count). The van der Waals surface area contributed by atoms with Gasteiger partial charge in [0.25, 0.3) is 0 Å². The molecule has 19 heavy (non-hydrogen) atoms. The van der Waals surface area contributed by atoms with E-state index in [1.165, 1.54) is 14.2 Å². The summed E-state index contributed by atoms with van der Waals surface area (Å²) in [6, 6.07) is 1.87. The number of fused-ring (bicyclic) bond motifs is 1. The van der Waals surface area contributed by atoms with Crippen LogP contribution in [0.3, 0.4) is 0 Å². The van der Waals surface area contributed by atoms with Crippen molar-refractivity contribution in [3.8, 4) is 0 Å². The van der Waals surface area contributed by atoms with Crippen LogP contribution in [0.5, 0.6) is 0 Å². The number of carbonyl (C=O) groups is 2.